The van der Waals surface area contributed by atoms with Crippen LogP contribution in [0.15, 0.2) is 0 Å². The maximum absolute atomic E-state index is 11.7. The molecule has 0 radical (unpaired) electrons. The van der Waals surface area contributed by atoms with Crippen LogP contribution in [0, 0.1) is 54.7 Å². The van der Waals surface area contributed by atoms with Crippen molar-refractivity contribution in [1.82, 2.24) is 16.0 Å². The van der Waals surface area contributed by atoms with Crippen molar-refractivity contribution in [1.29, 1.82) is 0 Å². The molecule has 0 aliphatic carbocycles. The Balaban J connectivity index is -0.000000793. The number of carboxylic acids is 1. The van der Waals surface area contributed by atoms with Gasteiger partial charge in [0.25, 0.3) is 0 Å². The van der Waals surface area contributed by atoms with Crippen molar-refractivity contribution in [3.8, 4) is 0 Å². The molecule has 0 saturated carbocycles. The average Bonchev–Trinajstić information content (AvgIpc) is 2.70. The Labute approximate surface area is 225 Å². The molecule has 3 amide bonds. The molecule has 6 N–H and O–H groups in total. The van der Waals surface area contributed by atoms with Crippen LogP contribution in [0.3, 0.4) is 0 Å². The Morgan fingerprint density at radius 2 is 1.58 bits per heavy atom. The first-order valence-electron chi connectivity index (χ1n) is 10.4. The number of nitrogens with two attached hydrogens (primary N) is 1. The quantitative estimate of drug-likeness (QED) is 0.0810. The molecule has 0 aliphatic heterocycles. The molecule has 1 unspecified atom stereocenters. The van der Waals surface area contributed by atoms with E-state index in [1.807, 2.05) is 13.8 Å². The minimum absolute atomic E-state index is 0. The summed E-state index contributed by atoms with van der Waals surface area (Å²) in [4.78, 5) is 44.4. The smallest absolute Gasteiger partial charge is 0.323 e. The van der Waals surface area contributed by atoms with Crippen LogP contribution in [0.5, 0.6) is 0 Å². The summed E-state index contributed by atoms with van der Waals surface area (Å²) in [5, 5.41) is 16.4. The molecule has 10 nitrogen and oxygen atoms in total. The van der Waals surface area contributed by atoms with Gasteiger partial charge in [-0.3, -0.25) is 14.4 Å². The van der Waals surface area contributed by atoms with Gasteiger partial charge in [-0.1, -0.05) is 0 Å². The Morgan fingerprint density at radius 3 is 2.03 bits per heavy atom. The predicted octanol–water partition coefficient (Wildman–Crippen LogP) is 0.468. The second-order valence-corrected chi connectivity index (χ2v) is 7.33. The number of aliphatic carboxylic acids is 1. The molecule has 0 fully saturated rings. The third kappa shape index (κ3) is 26.3. The Morgan fingerprint density at radius 1 is 1.06 bits per heavy atom. The van der Waals surface area contributed by atoms with Gasteiger partial charge in [0.1, 0.15) is 0 Å². The zero-order valence-corrected chi connectivity index (χ0v) is 25.2. The van der Waals surface area contributed by atoms with Crippen LogP contribution in [0.4, 0.5) is 0 Å². The Bertz CT molecular complexity index is 527. The van der Waals surface area contributed by atoms with Gasteiger partial charge >= 0.3 is 5.97 Å². The minimum atomic E-state index is -1.11. The molecule has 0 aliphatic rings. The number of unbranched alkanes of at least 4 members (excludes halogenated alkanes) is 1. The van der Waals surface area contributed by atoms with E-state index < -0.39 is 12.0 Å². The SMILES string of the molecule is [CH2-]CC(C)(C)OCCNC(=O)CCCC(=O)NCCCCC(N[C-]=O)C(=O)O.[CH2-]CN.[Fm].[Nd]. The first kappa shape index (κ1) is 38.4. The van der Waals surface area contributed by atoms with E-state index in [0.717, 1.165) is 0 Å². The van der Waals surface area contributed by atoms with Crippen LogP contribution in [0.25, 0.3) is 0 Å². The third-order valence-electron chi connectivity index (χ3n) is 4.10. The van der Waals surface area contributed by atoms with Gasteiger partial charge in [0.2, 0.25) is 11.8 Å². The number of carbonyl (C=O) groups is 3. The predicted molar refractivity (Wildman–Crippen MR) is 118 cm³/mol. The molecule has 33 heavy (non-hydrogen) atoms. The summed E-state index contributed by atoms with van der Waals surface area (Å²) in [5.41, 5.74) is 4.43. The van der Waals surface area contributed by atoms with Crippen molar-refractivity contribution in [2.75, 3.05) is 26.2 Å². The van der Waals surface area contributed by atoms with Crippen molar-refractivity contribution in [2.45, 2.75) is 70.4 Å². The van der Waals surface area contributed by atoms with Gasteiger partial charge in [0.05, 0.1) is 12.6 Å². The molecule has 12 heteroatoms. The summed E-state index contributed by atoms with van der Waals surface area (Å²) in [6, 6.07) is -0.957. The number of rotatable bonds is 17. The third-order valence-corrected chi connectivity index (χ3v) is 4.10. The van der Waals surface area contributed by atoms with E-state index in [0.29, 0.717) is 51.9 Å². The van der Waals surface area contributed by atoms with Crippen LogP contribution in [-0.2, 0) is 23.9 Å². The van der Waals surface area contributed by atoms with E-state index in [4.69, 9.17) is 15.6 Å². The largest absolute Gasteiger partial charge is 0.520 e. The molecular weight excluding hydrogens is 805 g/mol. The summed E-state index contributed by atoms with van der Waals surface area (Å²) < 4.78 is 5.58. The standard InChI is InChI=1S/C19H33N3O6.C2H6N.Fm.Nd/c1-4-19(2,3)28-13-12-21-17(25)10-7-9-16(24)20-11-6-5-8-15(18(26)27)22-14-23;1-2-3;;/h15H,1,4-13H2,2-3H3,(H,20,24)(H,21,25)(H,22,23)(H,26,27);1-3H2;;/q-2;-1;;. The monoisotopic (exact) mass is 842 g/mol. The molecule has 0 spiro atoms. The van der Waals surface area contributed by atoms with Gasteiger partial charge in [-0.25, -0.2) is 0 Å². The van der Waals surface area contributed by atoms with Gasteiger partial charge in [-0.2, -0.15) is 12.8 Å². The molecule has 1 atom stereocenters. The molecular formula is C21H39FmN4NdO6-3. The van der Waals surface area contributed by atoms with Crippen molar-refractivity contribution in [2.24, 2.45) is 5.73 Å². The zero-order chi connectivity index (χ0) is 24.1. The fourth-order valence-electron chi connectivity index (χ4n) is 2.21. The number of ether oxygens (including phenoxy) is 1. The molecule has 0 rings (SSSR count). The van der Waals surface area contributed by atoms with Crippen LogP contribution in [0.2, 0.25) is 0 Å². The molecule has 0 aromatic carbocycles. The molecule has 198 valence electrons. The normalized spacial score (nSPS) is 10.8. The Hall–Kier alpha value is -1.85. The van der Waals surface area contributed by atoms with Crippen LogP contribution in [0.1, 0.15) is 58.8 Å². The first-order valence-corrected chi connectivity index (χ1v) is 10.4. The van der Waals surface area contributed by atoms with Crippen LogP contribution >= 0.6 is 0 Å². The summed E-state index contributed by atoms with van der Waals surface area (Å²) in [7, 11) is 0. The van der Waals surface area contributed by atoms with Gasteiger partial charge in [-0.15, -0.1) is 6.54 Å². The van der Waals surface area contributed by atoms with Crippen molar-refractivity contribution in [3.05, 3.63) is 13.8 Å². The van der Waals surface area contributed by atoms with E-state index >= 15 is 0 Å². The topological polar surface area (TPSA) is 160 Å². The molecule has 0 aromatic rings. The fraction of sp³-hybridized carbons (Fsp3) is 0.714. The number of nitrogens with one attached hydrogen (secondary N) is 3. The van der Waals surface area contributed by atoms with Gasteiger partial charge in [0.15, 0.2) is 0 Å². The maximum Gasteiger partial charge on any atom is 0.323 e. The Kier molecular flexibility index (Phi) is 28.9. The molecule has 0 aromatic heterocycles. The molecule has 0 bridgehead atoms. The van der Waals surface area contributed by atoms with E-state index in [2.05, 4.69) is 29.8 Å². The van der Waals surface area contributed by atoms with Gasteiger partial charge in [0, 0.05) is 72.4 Å². The number of carbonyl (C=O) groups excluding carboxylic acids is 3. The number of amides is 3. The number of hydrogen-bond donors (Lipinski definition) is 5. The first-order chi connectivity index (χ1) is 14.6. The van der Waals surface area contributed by atoms with E-state index in [1.54, 1.807) is 0 Å². The summed E-state index contributed by atoms with van der Waals surface area (Å²) in [5.74, 6) is -1.38. The maximum atomic E-state index is 11.7. The summed E-state index contributed by atoms with van der Waals surface area (Å²) in [6.07, 6.45) is 4.39. The molecule has 0 heterocycles. The van der Waals surface area contributed by atoms with Crippen LogP contribution < -0.4 is 21.7 Å². The molecule has 0 saturated heterocycles. The summed E-state index contributed by atoms with van der Waals surface area (Å²) in [6.45, 7) is 12.7. The van der Waals surface area contributed by atoms with E-state index in [9.17, 15) is 19.2 Å². The van der Waals surface area contributed by atoms with Gasteiger partial charge < -0.3 is 50.2 Å². The second kappa shape index (κ2) is 24.8. The number of carboxylic acid groups (broad SMARTS) is 1. The minimum Gasteiger partial charge on any atom is -0.520 e. The zero-order valence-electron chi connectivity index (χ0n) is 19.6. The van der Waals surface area contributed by atoms with E-state index in [-0.39, 0.29) is 77.5 Å². The second-order valence-electron chi connectivity index (χ2n) is 7.33. The van der Waals surface area contributed by atoms with Gasteiger partial charge in [-0.05, 0) is 39.5 Å². The average molecular weight is 845 g/mol. The van der Waals surface area contributed by atoms with Crippen molar-refractivity contribution in [3.63, 3.8) is 0 Å². The van der Waals surface area contributed by atoms with Crippen molar-refractivity contribution >= 4 is 24.2 Å². The fourth-order valence-corrected chi connectivity index (χ4v) is 2.21. The van der Waals surface area contributed by atoms with Crippen LogP contribution in [-0.4, -0.2) is 67.2 Å². The van der Waals surface area contributed by atoms with Crippen molar-refractivity contribution < 1.29 is 69.9 Å². The number of hydrogen-bond acceptors (Lipinski definition) is 6. The van der Waals surface area contributed by atoms with E-state index in [1.165, 1.54) is 6.41 Å². The summed E-state index contributed by atoms with van der Waals surface area (Å²) >= 11 is 0.